The van der Waals surface area contributed by atoms with Crippen molar-refractivity contribution in [3.63, 3.8) is 0 Å². The van der Waals surface area contributed by atoms with E-state index in [2.05, 4.69) is 17.1 Å². The Labute approximate surface area is 104 Å². The van der Waals surface area contributed by atoms with E-state index in [1.165, 1.54) is 0 Å². The fraction of sp³-hybridized carbons (Fsp3) is 1.00. The maximum Gasteiger partial charge on any atom is 0.0826 e. The van der Waals surface area contributed by atoms with Gasteiger partial charge in [0, 0.05) is 33.3 Å². The smallest absolute Gasteiger partial charge is 0.0826 e. The van der Waals surface area contributed by atoms with Crippen molar-refractivity contribution >= 4 is 0 Å². The van der Waals surface area contributed by atoms with Gasteiger partial charge in [-0.05, 0) is 6.54 Å². The van der Waals surface area contributed by atoms with Crippen LogP contribution in [0.25, 0.3) is 0 Å². The summed E-state index contributed by atoms with van der Waals surface area (Å²) >= 11 is 0. The predicted molar refractivity (Wildman–Crippen MR) is 67.4 cm³/mol. The lowest BCUT2D eigenvalue weighted by atomic mass is 10.2. The molecule has 0 spiro atoms. The number of ether oxygens (including phenoxy) is 3. The number of nitrogens with zero attached hydrogens (tertiary/aromatic N) is 1. The SMILES string of the molecule is CCN1CCOC(CNCCOCCOC)C1. The third-order valence-electron chi connectivity index (χ3n) is 2.90. The zero-order chi connectivity index (χ0) is 12.3. The number of morpholine rings is 1. The average molecular weight is 246 g/mol. The molecule has 1 aliphatic heterocycles. The lowest BCUT2D eigenvalue weighted by Crippen LogP contribution is -2.46. The third kappa shape index (κ3) is 6.95. The van der Waals surface area contributed by atoms with Crippen molar-refractivity contribution in [1.82, 2.24) is 10.2 Å². The van der Waals surface area contributed by atoms with Gasteiger partial charge in [0.25, 0.3) is 0 Å². The molecule has 0 aromatic rings. The Morgan fingerprint density at radius 2 is 2.24 bits per heavy atom. The van der Waals surface area contributed by atoms with Crippen molar-refractivity contribution in [2.45, 2.75) is 13.0 Å². The molecule has 1 rings (SSSR count). The predicted octanol–water partition coefficient (Wildman–Crippen LogP) is -0.0403. The molecule has 0 aromatic heterocycles. The van der Waals surface area contributed by atoms with E-state index in [1.54, 1.807) is 7.11 Å². The van der Waals surface area contributed by atoms with Crippen LogP contribution in [-0.2, 0) is 14.2 Å². The first-order valence-electron chi connectivity index (χ1n) is 6.48. The molecule has 0 aromatic carbocycles. The van der Waals surface area contributed by atoms with Crippen LogP contribution in [0.5, 0.6) is 0 Å². The monoisotopic (exact) mass is 246 g/mol. The van der Waals surface area contributed by atoms with Crippen molar-refractivity contribution in [2.24, 2.45) is 0 Å². The highest BCUT2D eigenvalue weighted by Crippen LogP contribution is 2.03. The lowest BCUT2D eigenvalue weighted by molar-refractivity contribution is -0.0260. The number of hydrogen-bond donors (Lipinski definition) is 1. The van der Waals surface area contributed by atoms with Crippen molar-refractivity contribution in [2.75, 3.05) is 66.3 Å². The van der Waals surface area contributed by atoms with Crippen molar-refractivity contribution in [3.8, 4) is 0 Å². The number of nitrogens with one attached hydrogen (secondary N) is 1. The molecule has 102 valence electrons. The Hall–Kier alpha value is -0.200. The molecule has 0 bridgehead atoms. The molecule has 1 unspecified atom stereocenters. The molecule has 1 N–H and O–H groups in total. The van der Waals surface area contributed by atoms with E-state index in [0.29, 0.717) is 19.3 Å². The summed E-state index contributed by atoms with van der Waals surface area (Å²) in [7, 11) is 1.68. The maximum atomic E-state index is 5.69. The van der Waals surface area contributed by atoms with E-state index >= 15 is 0 Å². The van der Waals surface area contributed by atoms with E-state index in [4.69, 9.17) is 14.2 Å². The van der Waals surface area contributed by atoms with Gasteiger partial charge < -0.3 is 19.5 Å². The minimum absolute atomic E-state index is 0.322. The Morgan fingerprint density at radius 1 is 1.35 bits per heavy atom. The van der Waals surface area contributed by atoms with Crippen molar-refractivity contribution < 1.29 is 14.2 Å². The zero-order valence-corrected chi connectivity index (χ0v) is 11.1. The summed E-state index contributed by atoms with van der Waals surface area (Å²) in [6.07, 6.45) is 0.322. The fourth-order valence-corrected chi connectivity index (χ4v) is 1.84. The van der Waals surface area contributed by atoms with Gasteiger partial charge in [-0.25, -0.2) is 0 Å². The van der Waals surface area contributed by atoms with Gasteiger partial charge in [0.2, 0.25) is 0 Å². The van der Waals surface area contributed by atoms with E-state index in [1.807, 2.05) is 0 Å². The van der Waals surface area contributed by atoms with Gasteiger partial charge in [-0.2, -0.15) is 0 Å². The van der Waals surface area contributed by atoms with Gasteiger partial charge in [-0.1, -0.05) is 6.92 Å². The van der Waals surface area contributed by atoms with Gasteiger partial charge >= 0.3 is 0 Å². The van der Waals surface area contributed by atoms with Crippen LogP contribution in [0.15, 0.2) is 0 Å². The minimum Gasteiger partial charge on any atom is -0.382 e. The number of likely N-dealkylation sites (N-methyl/N-ethyl adjacent to an activating group) is 1. The van der Waals surface area contributed by atoms with Gasteiger partial charge in [0.15, 0.2) is 0 Å². The topological polar surface area (TPSA) is 43.0 Å². The molecule has 17 heavy (non-hydrogen) atoms. The van der Waals surface area contributed by atoms with Crippen LogP contribution >= 0.6 is 0 Å². The van der Waals surface area contributed by atoms with Gasteiger partial charge in [0.1, 0.15) is 0 Å². The molecule has 0 radical (unpaired) electrons. The van der Waals surface area contributed by atoms with Crippen LogP contribution < -0.4 is 5.32 Å². The molecule has 0 saturated carbocycles. The fourth-order valence-electron chi connectivity index (χ4n) is 1.84. The van der Waals surface area contributed by atoms with Crippen LogP contribution in [0.3, 0.4) is 0 Å². The molecule has 5 nitrogen and oxygen atoms in total. The highest BCUT2D eigenvalue weighted by atomic mass is 16.5. The zero-order valence-electron chi connectivity index (χ0n) is 11.1. The number of hydrogen-bond acceptors (Lipinski definition) is 5. The molecule has 1 fully saturated rings. The number of rotatable bonds is 9. The second-order valence-electron chi connectivity index (χ2n) is 4.20. The first-order valence-corrected chi connectivity index (χ1v) is 6.48. The van der Waals surface area contributed by atoms with Gasteiger partial charge in [-0.3, -0.25) is 4.90 Å². The first-order chi connectivity index (χ1) is 8.36. The summed E-state index contributed by atoms with van der Waals surface area (Å²) in [5, 5.41) is 3.36. The van der Waals surface area contributed by atoms with Crippen LogP contribution in [0, 0.1) is 0 Å². The normalized spacial score (nSPS) is 21.9. The number of methoxy groups -OCH3 is 1. The second-order valence-corrected chi connectivity index (χ2v) is 4.20. The molecule has 1 saturated heterocycles. The quantitative estimate of drug-likeness (QED) is 0.578. The van der Waals surface area contributed by atoms with Crippen LogP contribution in [0.4, 0.5) is 0 Å². The van der Waals surface area contributed by atoms with Crippen molar-refractivity contribution in [1.29, 1.82) is 0 Å². The molecule has 0 amide bonds. The molecule has 5 heteroatoms. The molecular formula is C12H26N2O3. The summed E-state index contributed by atoms with van der Waals surface area (Å²) in [6.45, 7) is 10.1. The van der Waals surface area contributed by atoms with Gasteiger partial charge in [-0.15, -0.1) is 0 Å². The van der Waals surface area contributed by atoms with Crippen LogP contribution in [-0.4, -0.2) is 77.3 Å². The van der Waals surface area contributed by atoms with E-state index in [-0.39, 0.29) is 0 Å². The molecule has 1 atom stereocenters. The Bertz CT molecular complexity index is 181. The molecule has 1 aliphatic rings. The molecule has 0 aliphatic carbocycles. The van der Waals surface area contributed by atoms with Crippen LogP contribution in [0.2, 0.25) is 0 Å². The minimum atomic E-state index is 0.322. The highest BCUT2D eigenvalue weighted by Gasteiger charge is 2.18. The third-order valence-corrected chi connectivity index (χ3v) is 2.90. The van der Waals surface area contributed by atoms with Crippen LogP contribution in [0.1, 0.15) is 6.92 Å². The van der Waals surface area contributed by atoms with E-state index in [9.17, 15) is 0 Å². The van der Waals surface area contributed by atoms with E-state index in [0.717, 1.165) is 45.9 Å². The average Bonchev–Trinajstić information content (AvgIpc) is 2.38. The second kappa shape index (κ2) is 9.79. The summed E-state index contributed by atoms with van der Waals surface area (Å²) in [4.78, 5) is 2.42. The lowest BCUT2D eigenvalue weighted by Gasteiger charge is -2.32. The molecular weight excluding hydrogens is 220 g/mol. The van der Waals surface area contributed by atoms with Crippen molar-refractivity contribution in [3.05, 3.63) is 0 Å². The molecule has 1 heterocycles. The summed E-state index contributed by atoms with van der Waals surface area (Å²) in [6, 6.07) is 0. The maximum absolute atomic E-state index is 5.69. The highest BCUT2D eigenvalue weighted by molar-refractivity contribution is 4.72. The summed E-state index contributed by atoms with van der Waals surface area (Å²) in [5.41, 5.74) is 0. The standard InChI is InChI=1S/C12H26N2O3/c1-3-14-5-7-17-12(11-14)10-13-4-6-16-9-8-15-2/h12-13H,3-11H2,1-2H3. The Morgan fingerprint density at radius 3 is 3.00 bits per heavy atom. The Kier molecular flexibility index (Phi) is 8.56. The summed E-state index contributed by atoms with van der Waals surface area (Å²) in [5.74, 6) is 0. The largest absolute Gasteiger partial charge is 0.382 e. The van der Waals surface area contributed by atoms with Gasteiger partial charge in [0.05, 0.1) is 32.5 Å². The van der Waals surface area contributed by atoms with E-state index < -0.39 is 0 Å². The summed E-state index contributed by atoms with van der Waals surface area (Å²) < 4.78 is 16.0. The Balaban J connectivity index is 1.91. The first kappa shape index (κ1) is 14.9.